The number of nitrogens with one attached hydrogen (secondary N) is 1. The summed E-state index contributed by atoms with van der Waals surface area (Å²) < 4.78 is 73.0. The summed E-state index contributed by atoms with van der Waals surface area (Å²) in [6, 6.07) is 8.97. The zero-order chi connectivity index (χ0) is 24.7. The van der Waals surface area contributed by atoms with E-state index in [1.54, 1.807) is 19.1 Å². The molecule has 0 amide bonds. The average molecular weight is 487 g/mol. The quantitative estimate of drug-likeness (QED) is 0.379. The number of hydrogen-bond acceptors (Lipinski definition) is 1. The van der Waals surface area contributed by atoms with Gasteiger partial charge in [0.15, 0.2) is 0 Å². The molecular weight excluding hydrogens is 459 g/mol. The Morgan fingerprint density at radius 3 is 2.37 bits per heavy atom. The molecule has 7 rings (SSSR count). The summed E-state index contributed by atoms with van der Waals surface area (Å²) in [4.78, 5) is 5.38. The monoisotopic (exact) mass is 486 g/mol. The molecule has 3 atom stereocenters. The minimum atomic E-state index is -4.26. The summed E-state index contributed by atoms with van der Waals surface area (Å²) in [5.74, 6) is -1.48. The molecule has 2 aromatic carbocycles. The van der Waals surface area contributed by atoms with E-state index in [4.69, 9.17) is 0 Å². The Kier molecular flexibility index (Phi) is 4.99. The van der Waals surface area contributed by atoms with Crippen LogP contribution in [0.3, 0.4) is 0 Å². The van der Waals surface area contributed by atoms with Crippen molar-refractivity contribution in [2.75, 3.05) is 0 Å². The Hall–Kier alpha value is -2.67. The van der Waals surface area contributed by atoms with Gasteiger partial charge in [-0.05, 0) is 74.8 Å². The number of alkyl halides is 3. The largest absolute Gasteiger partial charge is 0.394 e. The zero-order valence-corrected chi connectivity index (χ0v) is 19.6. The summed E-state index contributed by atoms with van der Waals surface area (Å²) in [5.41, 5.74) is 1.19. The highest BCUT2D eigenvalue weighted by molar-refractivity contribution is 5.85. The summed E-state index contributed by atoms with van der Waals surface area (Å²) in [6.07, 6.45) is -0.131. The van der Waals surface area contributed by atoms with Crippen molar-refractivity contribution < 1.29 is 22.0 Å². The van der Waals surface area contributed by atoms with Crippen LogP contribution in [0.4, 0.5) is 22.0 Å². The minimum absolute atomic E-state index is 0.0164. The van der Waals surface area contributed by atoms with Gasteiger partial charge in [-0.1, -0.05) is 30.4 Å². The summed E-state index contributed by atoms with van der Waals surface area (Å²) >= 11 is 0. The molecule has 2 nitrogen and oxygen atoms in total. The van der Waals surface area contributed by atoms with Gasteiger partial charge in [-0.15, -0.1) is 0 Å². The van der Waals surface area contributed by atoms with Crippen molar-refractivity contribution in [1.82, 2.24) is 9.88 Å². The molecule has 3 fully saturated rings. The fraction of sp³-hybridized carbons (Fsp3) is 0.429. The maximum atomic E-state index is 15.6. The van der Waals surface area contributed by atoms with Crippen LogP contribution in [0.15, 0.2) is 42.5 Å². The number of fused-ring (bicyclic) bond motifs is 4. The first-order valence-corrected chi connectivity index (χ1v) is 12.2. The van der Waals surface area contributed by atoms with E-state index in [1.165, 1.54) is 12.1 Å². The van der Waals surface area contributed by atoms with Crippen molar-refractivity contribution in [3.05, 3.63) is 76.5 Å². The van der Waals surface area contributed by atoms with E-state index in [-0.39, 0.29) is 42.8 Å². The lowest BCUT2D eigenvalue weighted by atomic mass is 9.69. The normalized spacial score (nSPS) is 30.7. The van der Waals surface area contributed by atoms with Gasteiger partial charge in [0.1, 0.15) is 11.6 Å². The smallest absolute Gasteiger partial charge is 0.357 e. The van der Waals surface area contributed by atoms with E-state index in [9.17, 15) is 13.2 Å². The number of nitrogens with zero attached hydrogens (tertiary/aromatic N) is 1. The predicted octanol–water partition coefficient (Wildman–Crippen LogP) is 7.55. The molecule has 3 aromatic rings. The fourth-order valence-electron chi connectivity index (χ4n) is 7.09. The first-order chi connectivity index (χ1) is 16.6. The van der Waals surface area contributed by atoms with Crippen LogP contribution < -0.4 is 0 Å². The molecule has 2 heterocycles. The first kappa shape index (κ1) is 22.8. The lowest BCUT2D eigenvalue weighted by Gasteiger charge is -2.46. The number of benzene rings is 2. The number of halogens is 5. The molecule has 0 radical (unpaired) electrons. The number of rotatable bonds is 3. The number of allylic oxidation sites excluding steroid dienone is 1. The van der Waals surface area contributed by atoms with Gasteiger partial charge in [0.2, 0.25) is 0 Å². The molecule has 0 spiro atoms. The van der Waals surface area contributed by atoms with E-state index in [1.807, 2.05) is 36.1 Å². The first-order valence-electron chi connectivity index (χ1n) is 12.2. The maximum absolute atomic E-state index is 15.6. The summed E-state index contributed by atoms with van der Waals surface area (Å²) in [7, 11) is 0. The van der Waals surface area contributed by atoms with Gasteiger partial charge in [0.25, 0.3) is 0 Å². The highest BCUT2D eigenvalue weighted by atomic mass is 19.4. The van der Waals surface area contributed by atoms with Crippen LogP contribution >= 0.6 is 0 Å². The maximum Gasteiger partial charge on any atom is 0.394 e. The van der Waals surface area contributed by atoms with Crippen molar-refractivity contribution >= 4 is 17.0 Å². The van der Waals surface area contributed by atoms with Gasteiger partial charge >= 0.3 is 6.18 Å². The predicted molar refractivity (Wildman–Crippen MR) is 126 cm³/mol. The van der Waals surface area contributed by atoms with E-state index in [2.05, 4.69) is 4.98 Å². The highest BCUT2D eigenvalue weighted by Gasteiger charge is 2.70. The minimum Gasteiger partial charge on any atom is -0.357 e. The Labute approximate surface area is 200 Å². The molecule has 7 heteroatoms. The van der Waals surface area contributed by atoms with Crippen molar-refractivity contribution in [1.29, 1.82) is 0 Å². The van der Waals surface area contributed by atoms with Gasteiger partial charge in [0.05, 0.1) is 11.5 Å². The molecule has 3 aliphatic carbocycles. The van der Waals surface area contributed by atoms with Crippen LogP contribution in [0.1, 0.15) is 61.5 Å². The van der Waals surface area contributed by atoms with Crippen LogP contribution in [0.2, 0.25) is 0 Å². The average Bonchev–Trinajstić information content (AvgIpc) is 3.43. The van der Waals surface area contributed by atoms with Crippen LogP contribution in [0, 0.1) is 23.0 Å². The lowest BCUT2D eigenvalue weighted by molar-refractivity contribution is -0.244. The van der Waals surface area contributed by atoms with Gasteiger partial charge in [-0.2, -0.15) is 13.2 Å². The standard InChI is InChI=1S/C28H27F5N2/c1-3-6-16-10-20(29)24(21(30)11-16)26-25-19(18-7-4-5-8-22(18)34-25)9-15(2)35(26)23-14-27(28(31,32)33)12-17(23)13-27/h3-8,10-11,15,17,23,26,34H,9,12-14H2,1-2H3/b6-3+/t15-,17?,23+,26-,27?/m0/s1. The molecule has 4 aliphatic rings. The van der Waals surface area contributed by atoms with Crippen LogP contribution in [0.25, 0.3) is 17.0 Å². The SMILES string of the molecule is C/C=C/c1cc(F)c([C@H]2c3[nH]c4ccccc4c3C[C@H](C)N2[C@@H]2CC3(C(F)(F)F)CC2C3)c(F)c1. The van der Waals surface area contributed by atoms with E-state index < -0.39 is 29.3 Å². The molecule has 35 heavy (non-hydrogen) atoms. The van der Waals surface area contributed by atoms with Gasteiger partial charge in [0, 0.05) is 34.2 Å². The Balaban J connectivity index is 1.53. The Morgan fingerprint density at radius 1 is 1.06 bits per heavy atom. The third-order valence-corrected chi connectivity index (χ3v) is 8.59. The van der Waals surface area contributed by atoms with Crippen LogP contribution in [0.5, 0.6) is 0 Å². The van der Waals surface area contributed by atoms with Crippen molar-refractivity contribution in [2.24, 2.45) is 11.3 Å². The molecule has 1 aromatic heterocycles. The molecule has 0 saturated heterocycles. The summed E-state index contributed by atoms with van der Waals surface area (Å²) in [6.45, 7) is 3.74. The second-order valence-corrected chi connectivity index (χ2v) is 10.6. The second kappa shape index (κ2) is 7.66. The van der Waals surface area contributed by atoms with E-state index in [0.717, 1.165) is 16.5 Å². The van der Waals surface area contributed by atoms with Crippen molar-refractivity contribution in [2.45, 2.75) is 63.8 Å². The number of hydrogen-bond donors (Lipinski definition) is 1. The molecule has 1 aliphatic heterocycles. The summed E-state index contributed by atoms with van der Waals surface area (Å²) in [5, 5.41) is 0.993. The Morgan fingerprint density at radius 2 is 1.74 bits per heavy atom. The third-order valence-electron chi connectivity index (χ3n) is 8.59. The number of para-hydroxylation sites is 1. The second-order valence-electron chi connectivity index (χ2n) is 10.6. The van der Waals surface area contributed by atoms with Crippen LogP contribution in [-0.2, 0) is 6.42 Å². The highest BCUT2D eigenvalue weighted by Crippen LogP contribution is 2.68. The van der Waals surface area contributed by atoms with Crippen molar-refractivity contribution in [3.8, 4) is 0 Å². The number of aromatic amines is 1. The van der Waals surface area contributed by atoms with Crippen LogP contribution in [-0.4, -0.2) is 28.1 Å². The van der Waals surface area contributed by atoms with Gasteiger partial charge < -0.3 is 4.98 Å². The fourth-order valence-corrected chi connectivity index (χ4v) is 7.09. The van der Waals surface area contributed by atoms with Crippen molar-refractivity contribution in [3.63, 3.8) is 0 Å². The molecule has 184 valence electrons. The number of aromatic nitrogens is 1. The van der Waals surface area contributed by atoms with Gasteiger partial charge in [-0.25, -0.2) is 8.78 Å². The Bertz CT molecular complexity index is 1310. The molecular formula is C28H27F5N2. The molecule has 3 saturated carbocycles. The number of H-pyrrole nitrogens is 1. The van der Waals surface area contributed by atoms with Gasteiger partial charge in [-0.3, -0.25) is 4.90 Å². The van der Waals surface area contributed by atoms with E-state index in [0.29, 0.717) is 17.7 Å². The zero-order valence-electron chi connectivity index (χ0n) is 19.6. The topological polar surface area (TPSA) is 19.0 Å². The molecule has 0 unspecified atom stereocenters. The van der Waals surface area contributed by atoms with E-state index >= 15 is 8.78 Å². The molecule has 2 bridgehead atoms. The molecule has 1 N–H and O–H groups in total. The lowest BCUT2D eigenvalue weighted by Crippen LogP contribution is -2.50. The third kappa shape index (κ3) is 3.23.